The van der Waals surface area contributed by atoms with Crippen molar-refractivity contribution in [2.75, 3.05) is 11.9 Å². The molecular weight excluding hydrogens is 425 g/mol. The number of carbonyl (C=O) groups excluding carboxylic acids is 1. The van der Waals surface area contributed by atoms with Crippen molar-refractivity contribution in [3.8, 4) is 0 Å². The number of ketones is 1. The van der Waals surface area contributed by atoms with Crippen LogP contribution in [0.25, 0.3) is 0 Å². The summed E-state index contributed by atoms with van der Waals surface area (Å²) in [5.74, 6) is -0.262. The lowest BCUT2D eigenvalue weighted by Gasteiger charge is -2.17. The van der Waals surface area contributed by atoms with Crippen LogP contribution < -0.4 is 5.32 Å². The van der Waals surface area contributed by atoms with E-state index in [0.29, 0.717) is 22.7 Å². The number of benzene rings is 1. The van der Waals surface area contributed by atoms with Gasteiger partial charge in [-0.1, -0.05) is 37.1 Å². The van der Waals surface area contributed by atoms with Crippen LogP contribution in [0, 0.1) is 5.92 Å². The van der Waals surface area contributed by atoms with Gasteiger partial charge in [-0.05, 0) is 35.7 Å². The van der Waals surface area contributed by atoms with Gasteiger partial charge in [0.2, 0.25) is 5.78 Å². The lowest BCUT2D eigenvalue weighted by molar-refractivity contribution is 0.104. The Kier molecular flexibility index (Phi) is 7.90. The molecule has 158 valence electrons. The number of hydrogen-bond donors (Lipinski definition) is 2. The molecule has 0 bridgehead atoms. The van der Waals surface area contributed by atoms with Crippen molar-refractivity contribution in [2.24, 2.45) is 5.92 Å². The summed E-state index contributed by atoms with van der Waals surface area (Å²) in [6.45, 7) is 1.81. The van der Waals surface area contributed by atoms with E-state index in [0.717, 1.165) is 10.4 Å². The summed E-state index contributed by atoms with van der Waals surface area (Å²) in [5.41, 5.74) is 1.27. The van der Waals surface area contributed by atoms with Gasteiger partial charge in [-0.25, -0.2) is 14.4 Å². The normalized spacial score (nSPS) is 13.1. The van der Waals surface area contributed by atoms with E-state index in [9.17, 15) is 14.3 Å². The van der Waals surface area contributed by atoms with Gasteiger partial charge < -0.3 is 10.4 Å². The van der Waals surface area contributed by atoms with Crippen molar-refractivity contribution in [3.63, 3.8) is 0 Å². The van der Waals surface area contributed by atoms with Crippen LogP contribution in [-0.2, 0) is 6.42 Å². The predicted molar refractivity (Wildman–Crippen MR) is 118 cm³/mol. The Balaban J connectivity index is 1.74. The summed E-state index contributed by atoms with van der Waals surface area (Å²) in [5, 5.41) is 12.6. The van der Waals surface area contributed by atoms with E-state index in [1.807, 2.05) is 37.3 Å². The molecule has 0 saturated carbocycles. The number of halogens is 2. The Morgan fingerprint density at radius 3 is 2.90 bits per heavy atom. The Labute approximate surface area is 184 Å². The smallest absolute Gasteiger partial charge is 0.208 e. The third-order valence-electron chi connectivity index (χ3n) is 4.78. The molecule has 3 aromatic rings. The monoisotopic (exact) mass is 447 g/mol. The number of aromatic nitrogens is 2. The highest BCUT2D eigenvalue weighted by Gasteiger charge is 2.21. The van der Waals surface area contributed by atoms with Crippen LogP contribution in [0.5, 0.6) is 0 Å². The Morgan fingerprint density at radius 2 is 2.17 bits per heavy atom. The predicted octanol–water partition coefficient (Wildman–Crippen LogP) is 5.13. The van der Waals surface area contributed by atoms with Gasteiger partial charge in [0.05, 0.1) is 10.4 Å². The van der Waals surface area contributed by atoms with Crippen LogP contribution in [0.3, 0.4) is 0 Å². The molecule has 30 heavy (non-hydrogen) atoms. The molecule has 0 radical (unpaired) electrons. The van der Waals surface area contributed by atoms with E-state index in [4.69, 9.17) is 11.6 Å². The second-order valence-corrected chi connectivity index (χ2v) is 8.60. The molecule has 0 spiro atoms. The third-order valence-corrected chi connectivity index (χ3v) is 6.10. The van der Waals surface area contributed by atoms with Crippen molar-refractivity contribution < 1.29 is 14.3 Å². The highest BCUT2D eigenvalue weighted by Crippen LogP contribution is 2.26. The standard InChI is InChI=1S/C22H23ClFN3O2S/c1-2-14(12-28)10-20(24)27-22-18(11-25-13-26-22)21(29)19-7-6-17(30-19)9-15-4-3-5-16(23)8-15/h3-8,11,13-14,20,28H,2,9-10,12H2,1H3,(H,25,26,27). The van der Waals surface area contributed by atoms with Crippen molar-refractivity contribution >= 4 is 34.5 Å². The quantitative estimate of drug-likeness (QED) is 0.333. The SMILES string of the molecule is CCC(CO)CC(F)Nc1ncncc1C(=O)c1ccc(Cc2cccc(Cl)c2)s1. The number of alkyl halides is 1. The molecule has 0 saturated heterocycles. The van der Waals surface area contributed by atoms with Crippen molar-refractivity contribution in [2.45, 2.75) is 32.5 Å². The fourth-order valence-electron chi connectivity index (χ4n) is 3.06. The molecule has 2 aromatic heterocycles. The van der Waals surface area contributed by atoms with E-state index in [-0.39, 0.29) is 36.1 Å². The van der Waals surface area contributed by atoms with Gasteiger partial charge in [-0.2, -0.15) is 0 Å². The van der Waals surface area contributed by atoms with Crippen molar-refractivity contribution in [3.05, 3.63) is 74.8 Å². The third kappa shape index (κ3) is 5.84. The first-order valence-corrected chi connectivity index (χ1v) is 10.9. The number of nitrogens with zero attached hydrogens (tertiary/aromatic N) is 2. The number of hydrogen-bond acceptors (Lipinski definition) is 6. The summed E-state index contributed by atoms with van der Waals surface area (Å²) in [7, 11) is 0. The molecule has 2 heterocycles. The molecular formula is C22H23ClFN3O2S. The molecule has 2 atom stereocenters. The van der Waals surface area contributed by atoms with Crippen LogP contribution in [-0.4, -0.2) is 33.8 Å². The fraction of sp³-hybridized carbons (Fsp3) is 0.318. The molecule has 3 rings (SSSR count). The van der Waals surface area contributed by atoms with Crippen LogP contribution in [0.2, 0.25) is 5.02 Å². The van der Waals surface area contributed by atoms with Crippen molar-refractivity contribution in [1.82, 2.24) is 9.97 Å². The second-order valence-electron chi connectivity index (χ2n) is 6.99. The summed E-state index contributed by atoms with van der Waals surface area (Å²) < 4.78 is 14.4. The van der Waals surface area contributed by atoms with Crippen LogP contribution in [0.15, 0.2) is 48.9 Å². The first-order chi connectivity index (χ1) is 14.5. The molecule has 2 unspecified atom stereocenters. The summed E-state index contributed by atoms with van der Waals surface area (Å²) >= 11 is 7.42. The Hall–Kier alpha value is -2.35. The molecule has 0 aliphatic carbocycles. The molecule has 5 nitrogen and oxygen atoms in total. The molecule has 0 aliphatic rings. The maximum absolute atomic E-state index is 14.4. The van der Waals surface area contributed by atoms with Crippen molar-refractivity contribution in [1.29, 1.82) is 0 Å². The molecule has 8 heteroatoms. The molecule has 0 fully saturated rings. The van der Waals surface area contributed by atoms with E-state index in [1.165, 1.54) is 23.9 Å². The highest BCUT2D eigenvalue weighted by molar-refractivity contribution is 7.14. The zero-order valence-electron chi connectivity index (χ0n) is 16.5. The summed E-state index contributed by atoms with van der Waals surface area (Å²) in [6, 6.07) is 11.3. The van der Waals surface area contributed by atoms with Gasteiger partial charge in [-0.15, -0.1) is 11.3 Å². The molecule has 0 aliphatic heterocycles. The van der Waals surface area contributed by atoms with Gasteiger partial charge in [0.15, 0.2) is 6.30 Å². The second kappa shape index (κ2) is 10.6. The molecule has 2 N–H and O–H groups in total. The minimum Gasteiger partial charge on any atom is -0.396 e. The number of rotatable bonds is 10. The largest absolute Gasteiger partial charge is 0.396 e. The van der Waals surface area contributed by atoms with E-state index < -0.39 is 6.30 Å². The summed E-state index contributed by atoms with van der Waals surface area (Å²) in [6.07, 6.45) is 2.70. The zero-order chi connectivity index (χ0) is 21.5. The minimum atomic E-state index is -1.43. The Bertz CT molecular complexity index is 994. The van der Waals surface area contributed by atoms with Gasteiger partial charge in [0.1, 0.15) is 12.1 Å². The number of aliphatic hydroxyl groups is 1. The van der Waals surface area contributed by atoms with Gasteiger partial charge in [0.25, 0.3) is 0 Å². The minimum absolute atomic E-state index is 0.0846. The Morgan fingerprint density at radius 1 is 1.33 bits per heavy atom. The summed E-state index contributed by atoms with van der Waals surface area (Å²) in [4.78, 5) is 22.5. The maximum atomic E-state index is 14.4. The first kappa shape index (κ1) is 22.3. The number of anilines is 1. The average molecular weight is 448 g/mol. The maximum Gasteiger partial charge on any atom is 0.208 e. The van der Waals surface area contributed by atoms with E-state index in [1.54, 1.807) is 6.07 Å². The van der Waals surface area contributed by atoms with E-state index >= 15 is 0 Å². The van der Waals surface area contributed by atoms with Crippen LogP contribution in [0.1, 0.15) is 45.4 Å². The fourth-order valence-corrected chi connectivity index (χ4v) is 4.27. The molecule has 0 amide bonds. The topological polar surface area (TPSA) is 75.1 Å². The van der Waals surface area contributed by atoms with Gasteiger partial charge in [-0.3, -0.25) is 4.79 Å². The highest BCUT2D eigenvalue weighted by atomic mass is 35.5. The van der Waals surface area contributed by atoms with E-state index in [2.05, 4.69) is 15.3 Å². The number of carbonyl (C=O) groups is 1. The number of aliphatic hydroxyl groups excluding tert-OH is 1. The first-order valence-electron chi connectivity index (χ1n) is 9.69. The van der Waals surface area contributed by atoms with Gasteiger partial charge in [0, 0.05) is 35.5 Å². The van der Waals surface area contributed by atoms with Crippen LogP contribution in [0.4, 0.5) is 10.2 Å². The zero-order valence-corrected chi connectivity index (χ0v) is 18.1. The number of nitrogens with one attached hydrogen (secondary N) is 1. The lowest BCUT2D eigenvalue weighted by atomic mass is 10.0. The molecule has 1 aromatic carbocycles. The van der Waals surface area contributed by atoms with Gasteiger partial charge >= 0.3 is 0 Å². The lowest BCUT2D eigenvalue weighted by Crippen LogP contribution is -2.22. The number of thiophene rings is 1. The van der Waals surface area contributed by atoms with Crippen LogP contribution >= 0.6 is 22.9 Å². The average Bonchev–Trinajstić information content (AvgIpc) is 3.20.